The van der Waals surface area contributed by atoms with Crippen LogP contribution in [0.3, 0.4) is 0 Å². The second-order valence-electron chi connectivity index (χ2n) is 5.89. The Morgan fingerprint density at radius 1 is 1.22 bits per heavy atom. The zero-order chi connectivity index (χ0) is 14.0. The monoisotopic (exact) mass is 266 g/mol. The van der Waals surface area contributed by atoms with Gasteiger partial charge >= 0.3 is 6.18 Å². The molecule has 1 amide bonds. The van der Waals surface area contributed by atoms with Crippen LogP contribution in [0.15, 0.2) is 0 Å². The second kappa shape index (κ2) is 5.47. The van der Waals surface area contributed by atoms with E-state index in [4.69, 9.17) is 0 Å². The van der Waals surface area contributed by atoms with Crippen LogP contribution >= 0.6 is 0 Å². The zero-order valence-corrected chi connectivity index (χ0v) is 11.1. The molecule has 0 spiro atoms. The molecule has 1 N–H and O–H groups in total. The first-order valence-electron chi connectivity index (χ1n) is 6.18. The van der Waals surface area contributed by atoms with Crippen molar-refractivity contribution in [3.8, 4) is 0 Å². The molecule has 1 heterocycles. The van der Waals surface area contributed by atoms with Gasteiger partial charge in [0.15, 0.2) is 0 Å². The van der Waals surface area contributed by atoms with Crippen molar-refractivity contribution in [3.63, 3.8) is 0 Å². The van der Waals surface area contributed by atoms with Gasteiger partial charge in [0, 0.05) is 5.54 Å². The minimum absolute atomic E-state index is 0.0896. The smallest absolute Gasteiger partial charge is 0.350 e. The van der Waals surface area contributed by atoms with Crippen LogP contribution in [0, 0.1) is 5.92 Å². The van der Waals surface area contributed by atoms with E-state index in [1.54, 1.807) is 4.90 Å². The Hall–Kier alpha value is -0.780. The molecule has 106 valence electrons. The molecule has 0 aromatic carbocycles. The molecule has 0 radical (unpaired) electrons. The first-order valence-corrected chi connectivity index (χ1v) is 6.18. The van der Waals surface area contributed by atoms with Gasteiger partial charge < -0.3 is 5.32 Å². The van der Waals surface area contributed by atoms with E-state index in [0.29, 0.717) is 13.1 Å². The van der Waals surface area contributed by atoms with Gasteiger partial charge in [0.05, 0.1) is 12.5 Å². The van der Waals surface area contributed by atoms with Crippen LogP contribution in [0.2, 0.25) is 0 Å². The number of nitrogens with zero attached hydrogens (tertiary/aromatic N) is 1. The van der Waals surface area contributed by atoms with Crippen molar-refractivity contribution in [1.29, 1.82) is 0 Å². The van der Waals surface area contributed by atoms with E-state index >= 15 is 0 Å². The van der Waals surface area contributed by atoms with Gasteiger partial charge in [-0.2, -0.15) is 13.2 Å². The lowest BCUT2D eigenvalue weighted by Crippen LogP contribution is -2.48. The highest BCUT2D eigenvalue weighted by Crippen LogP contribution is 2.33. The maximum Gasteiger partial charge on any atom is 0.391 e. The molecule has 1 aliphatic rings. The molecule has 0 unspecified atom stereocenters. The molecular formula is C12H21F3N2O. The summed E-state index contributed by atoms with van der Waals surface area (Å²) in [4.78, 5) is 13.4. The van der Waals surface area contributed by atoms with Gasteiger partial charge in [-0.1, -0.05) is 0 Å². The number of halogens is 3. The maximum atomic E-state index is 12.5. The number of hydrogen-bond acceptors (Lipinski definition) is 2. The maximum absolute atomic E-state index is 12.5. The van der Waals surface area contributed by atoms with Crippen LogP contribution in [0.25, 0.3) is 0 Å². The lowest BCUT2D eigenvalue weighted by atomic mass is 9.96. The van der Waals surface area contributed by atoms with Crippen molar-refractivity contribution in [3.05, 3.63) is 0 Å². The molecule has 1 saturated heterocycles. The number of carbonyl (C=O) groups is 1. The van der Waals surface area contributed by atoms with Crippen molar-refractivity contribution in [2.45, 2.75) is 45.3 Å². The molecule has 1 fully saturated rings. The van der Waals surface area contributed by atoms with E-state index in [0.717, 1.165) is 0 Å². The van der Waals surface area contributed by atoms with Gasteiger partial charge in [-0.25, -0.2) is 0 Å². The highest BCUT2D eigenvalue weighted by atomic mass is 19.4. The Bertz CT molecular complexity index is 289. The summed E-state index contributed by atoms with van der Waals surface area (Å²) in [5, 5.41) is 2.81. The molecule has 1 rings (SSSR count). The van der Waals surface area contributed by atoms with Crippen LogP contribution < -0.4 is 5.32 Å². The van der Waals surface area contributed by atoms with E-state index in [1.807, 2.05) is 20.8 Å². The van der Waals surface area contributed by atoms with Gasteiger partial charge in [-0.3, -0.25) is 9.69 Å². The Labute approximate surface area is 106 Å². The van der Waals surface area contributed by atoms with Crippen molar-refractivity contribution >= 4 is 5.91 Å². The third-order valence-electron chi connectivity index (χ3n) is 2.93. The highest BCUT2D eigenvalue weighted by Gasteiger charge is 2.41. The lowest BCUT2D eigenvalue weighted by Gasteiger charge is -2.33. The third-order valence-corrected chi connectivity index (χ3v) is 2.93. The first kappa shape index (κ1) is 15.3. The average molecular weight is 266 g/mol. The Morgan fingerprint density at radius 2 is 1.72 bits per heavy atom. The molecular weight excluding hydrogens is 245 g/mol. The van der Waals surface area contributed by atoms with Gasteiger partial charge in [-0.05, 0) is 46.7 Å². The Morgan fingerprint density at radius 3 is 2.11 bits per heavy atom. The van der Waals surface area contributed by atoms with Crippen LogP contribution in [-0.4, -0.2) is 42.2 Å². The summed E-state index contributed by atoms with van der Waals surface area (Å²) < 4.78 is 37.4. The molecule has 3 nitrogen and oxygen atoms in total. The molecule has 1 aliphatic heterocycles. The fraction of sp³-hybridized carbons (Fsp3) is 0.917. The van der Waals surface area contributed by atoms with Crippen LogP contribution in [-0.2, 0) is 4.79 Å². The number of hydrogen-bond donors (Lipinski definition) is 1. The summed E-state index contributed by atoms with van der Waals surface area (Å²) in [7, 11) is 0. The fourth-order valence-corrected chi connectivity index (χ4v) is 2.08. The van der Waals surface area contributed by atoms with Crippen molar-refractivity contribution in [2.75, 3.05) is 19.6 Å². The summed E-state index contributed by atoms with van der Waals surface area (Å²) in [5.74, 6) is -1.34. The number of rotatable bonds is 2. The summed E-state index contributed by atoms with van der Waals surface area (Å²) in [6.07, 6.45) is -3.92. The van der Waals surface area contributed by atoms with E-state index in [2.05, 4.69) is 5.32 Å². The molecule has 0 aromatic heterocycles. The standard InChI is InChI=1S/C12H21F3N2O/c1-11(2,3)16-10(18)8-17-6-4-9(5-7-17)12(13,14)15/h9H,4-8H2,1-3H3,(H,16,18). The highest BCUT2D eigenvalue weighted by molar-refractivity contribution is 5.78. The van der Waals surface area contributed by atoms with Gasteiger partial charge in [-0.15, -0.1) is 0 Å². The first-order chi connectivity index (χ1) is 8.08. The van der Waals surface area contributed by atoms with E-state index in [-0.39, 0.29) is 30.8 Å². The number of amides is 1. The fourth-order valence-electron chi connectivity index (χ4n) is 2.08. The molecule has 6 heteroatoms. The van der Waals surface area contributed by atoms with Gasteiger partial charge in [0.2, 0.25) is 5.91 Å². The van der Waals surface area contributed by atoms with E-state index in [9.17, 15) is 18.0 Å². The molecule has 0 aliphatic carbocycles. The van der Waals surface area contributed by atoms with E-state index in [1.165, 1.54) is 0 Å². The molecule has 18 heavy (non-hydrogen) atoms. The van der Waals surface area contributed by atoms with Crippen LogP contribution in [0.5, 0.6) is 0 Å². The minimum Gasteiger partial charge on any atom is -0.350 e. The van der Waals surface area contributed by atoms with E-state index < -0.39 is 12.1 Å². The predicted octanol–water partition coefficient (Wildman–Crippen LogP) is 2.18. The molecule has 0 bridgehead atoms. The van der Waals surface area contributed by atoms with Crippen LogP contribution in [0.1, 0.15) is 33.6 Å². The number of alkyl halides is 3. The summed E-state index contributed by atoms with van der Waals surface area (Å²) >= 11 is 0. The minimum atomic E-state index is -4.10. The molecule has 0 saturated carbocycles. The number of carbonyl (C=O) groups excluding carboxylic acids is 1. The van der Waals surface area contributed by atoms with Gasteiger partial charge in [0.25, 0.3) is 0 Å². The summed E-state index contributed by atoms with van der Waals surface area (Å²) in [6.45, 7) is 6.48. The quantitative estimate of drug-likeness (QED) is 0.831. The van der Waals surface area contributed by atoms with Crippen molar-refractivity contribution in [2.24, 2.45) is 5.92 Å². The SMILES string of the molecule is CC(C)(C)NC(=O)CN1CCC(C(F)(F)F)CC1. The topological polar surface area (TPSA) is 32.3 Å². The Balaban J connectivity index is 2.34. The number of piperidine rings is 1. The third kappa shape index (κ3) is 5.25. The van der Waals surface area contributed by atoms with Gasteiger partial charge in [0.1, 0.15) is 0 Å². The summed E-state index contributed by atoms with van der Waals surface area (Å²) in [5.41, 5.74) is -0.304. The Kier molecular flexibility index (Phi) is 4.64. The van der Waals surface area contributed by atoms with Crippen molar-refractivity contribution in [1.82, 2.24) is 10.2 Å². The summed E-state index contributed by atoms with van der Waals surface area (Å²) in [6, 6.07) is 0. The zero-order valence-electron chi connectivity index (χ0n) is 11.1. The van der Waals surface area contributed by atoms with Crippen LogP contribution in [0.4, 0.5) is 13.2 Å². The number of likely N-dealkylation sites (tertiary alicyclic amines) is 1. The lowest BCUT2D eigenvalue weighted by molar-refractivity contribution is -0.185. The second-order valence-corrected chi connectivity index (χ2v) is 5.89. The molecule has 0 aromatic rings. The predicted molar refractivity (Wildman–Crippen MR) is 63.1 cm³/mol. The van der Waals surface area contributed by atoms with Crippen molar-refractivity contribution < 1.29 is 18.0 Å². The largest absolute Gasteiger partial charge is 0.391 e. The molecule has 0 atom stereocenters. The normalized spacial score (nSPS) is 19.9. The average Bonchev–Trinajstić information content (AvgIpc) is 2.13. The number of nitrogens with one attached hydrogen (secondary N) is 1.